The number of aryl methyl sites for hydroxylation is 1. The topological polar surface area (TPSA) is 63.1 Å². The van der Waals surface area contributed by atoms with Crippen molar-refractivity contribution in [3.8, 4) is 11.3 Å². The molecule has 2 heterocycles. The van der Waals surface area contributed by atoms with Gasteiger partial charge in [-0.15, -0.1) is 41.0 Å². The zero-order valence-electron chi connectivity index (χ0n) is 31.9. The number of hydrogen-bond donors (Lipinski definition) is 1. The maximum absolute atomic E-state index is 11.7. The zero-order chi connectivity index (χ0) is 35.6. The third kappa shape index (κ3) is 11.2. The first-order valence-corrected chi connectivity index (χ1v) is 21.8. The predicted octanol–water partition coefficient (Wildman–Crippen LogP) is 12.1. The number of hydrogen-bond acceptors (Lipinski definition) is 5. The molecule has 0 unspecified atom stereocenters. The zero-order valence-corrected chi connectivity index (χ0v) is 36.2. The van der Waals surface area contributed by atoms with Crippen LogP contribution in [0.1, 0.15) is 100 Å². The van der Waals surface area contributed by atoms with Gasteiger partial charge in [-0.2, -0.15) is 0 Å². The maximum atomic E-state index is 11.7. The molecule has 49 heavy (non-hydrogen) atoms. The Labute approximate surface area is 316 Å². The molecule has 0 atom stereocenters. The molecule has 1 N–H and O–H groups in total. The second-order valence-electron chi connectivity index (χ2n) is 15.0. The maximum Gasteiger partial charge on any atom is 0.162 e. The molecule has 0 spiro atoms. The van der Waals surface area contributed by atoms with Crippen LogP contribution in [0.2, 0.25) is 18.1 Å². The molecule has 0 amide bonds. The smallest absolute Gasteiger partial charge is 0.162 e. The summed E-state index contributed by atoms with van der Waals surface area (Å²) in [6.45, 7) is 24.8. The molecule has 271 valence electrons. The van der Waals surface area contributed by atoms with E-state index in [2.05, 4.69) is 90.9 Å². The van der Waals surface area contributed by atoms with Crippen LogP contribution in [0.3, 0.4) is 0 Å². The summed E-state index contributed by atoms with van der Waals surface area (Å²) >= 11 is 2.00. The van der Waals surface area contributed by atoms with Crippen LogP contribution in [0, 0.1) is 42.6 Å². The number of aliphatic hydroxyl groups is 1. The van der Waals surface area contributed by atoms with Crippen molar-refractivity contribution in [3.05, 3.63) is 66.2 Å². The second-order valence-corrected chi connectivity index (χ2v) is 20.7. The number of ketones is 1. The normalized spacial score (nSPS) is 12.4. The Hall–Kier alpha value is -2.18. The molecule has 4 nitrogen and oxygen atoms in total. The van der Waals surface area contributed by atoms with Crippen molar-refractivity contribution in [1.82, 2.24) is 9.97 Å². The van der Waals surface area contributed by atoms with Crippen LogP contribution in [-0.4, -0.2) is 28.9 Å². The summed E-state index contributed by atoms with van der Waals surface area (Å²) < 4.78 is 2.90. The minimum Gasteiger partial charge on any atom is -0.512 e. The molecule has 0 saturated heterocycles. The molecule has 0 aliphatic carbocycles. The summed E-state index contributed by atoms with van der Waals surface area (Å²) in [4.78, 5) is 21.3. The van der Waals surface area contributed by atoms with Gasteiger partial charge in [0, 0.05) is 48.4 Å². The molecule has 2 aromatic carbocycles. The SMILES string of the molecule is CCC(CC)C(=O)/C=C(\O)C(CC)CC.Cc1c([Si](CC(C)C)(CC(C)C)CC(C)C)sc2c(-c3[c-]c4ccccc4cc3)ncnc12.[Ir]. The summed E-state index contributed by atoms with van der Waals surface area (Å²) in [6, 6.07) is 20.5. The monoisotopic (exact) mass is 878 g/mol. The van der Waals surface area contributed by atoms with E-state index >= 15 is 0 Å². The fraction of sp³-hybridized carbons (Fsp3) is 0.548. The van der Waals surface area contributed by atoms with Gasteiger partial charge < -0.3 is 5.11 Å². The number of nitrogens with zero attached hydrogens (tertiary/aromatic N) is 2. The van der Waals surface area contributed by atoms with E-state index in [-0.39, 0.29) is 43.5 Å². The molecule has 4 aromatic rings. The first kappa shape index (κ1) is 43.0. The summed E-state index contributed by atoms with van der Waals surface area (Å²) in [5.41, 5.74) is 4.66. The molecule has 0 bridgehead atoms. The number of benzene rings is 2. The molecule has 0 saturated carbocycles. The quantitative estimate of drug-likeness (QED) is 0.0559. The van der Waals surface area contributed by atoms with E-state index in [0.29, 0.717) is 17.8 Å². The minimum atomic E-state index is -1.72. The number of allylic oxidation sites excluding steroid dienone is 2. The van der Waals surface area contributed by atoms with Crippen molar-refractivity contribution >= 4 is 50.7 Å². The van der Waals surface area contributed by atoms with Crippen molar-refractivity contribution in [2.75, 3.05) is 0 Å². The number of thiophene rings is 1. The number of rotatable bonds is 15. The Kier molecular flexibility index (Phi) is 17.6. The second kappa shape index (κ2) is 20.0. The molecule has 0 fully saturated rings. The van der Waals surface area contributed by atoms with Crippen LogP contribution in [0.25, 0.3) is 32.2 Å². The van der Waals surface area contributed by atoms with Crippen molar-refractivity contribution < 1.29 is 30.0 Å². The van der Waals surface area contributed by atoms with Crippen LogP contribution in [0.5, 0.6) is 0 Å². The number of carbonyl (C=O) groups excluding carboxylic acids is 1. The van der Waals surface area contributed by atoms with Gasteiger partial charge in [0.2, 0.25) is 0 Å². The third-order valence-electron chi connectivity index (χ3n) is 9.58. The van der Waals surface area contributed by atoms with Gasteiger partial charge in [0.15, 0.2) is 5.78 Å². The predicted molar refractivity (Wildman–Crippen MR) is 212 cm³/mol. The molecule has 2 aromatic heterocycles. The minimum absolute atomic E-state index is 0. The van der Waals surface area contributed by atoms with Gasteiger partial charge in [0.05, 0.1) is 11.3 Å². The number of aromatic nitrogens is 2. The van der Waals surface area contributed by atoms with Gasteiger partial charge in [-0.05, 0) is 60.4 Å². The van der Waals surface area contributed by atoms with Gasteiger partial charge in [0.25, 0.3) is 0 Å². The fourth-order valence-corrected chi connectivity index (χ4v) is 17.2. The number of carbonyl (C=O) groups is 1. The Balaban J connectivity index is 0.000000444. The van der Waals surface area contributed by atoms with E-state index in [1.165, 1.54) is 39.9 Å². The molecule has 7 heteroatoms. The Morgan fingerprint density at radius 3 is 1.92 bits per heavy atom. The van der Waals surface area contributed by atoms with Crippen LogP contribution < -0.4 is 4.50 Å². The van der Waals surface area contributed by atoms with E-state index in [0.717, 1.165) is 47.8 Å². The summed E-state index contributed by atoms with van der Waals surface area (Å²) in [5.74, 6) is 2.67. The van der Waals surface area contributed by atoms with Crippen molar-refractivity contribution in [1.29, 1.82) is 0 Å². The van der Waals surface area contributed by atoms with Crippen molar-refractivity contribution in [2.45, 2.75) is 120 Å². The molecular formula is C42H61IrN2O2SSi-. The molecule has 0 aliphatic rings. The Morgan fingerprint density at radius 1 is 0.837 bits per heavy atom. The molecule has 4 rings (SSSR count). The standard InChI is InChI=1S/C29H37N2SSi.C13H24O2.Ir/c1-19(2)15-33(16-20(3)4,17-21(5)6)29-22(7)26-28(32-29)27(31-18-30-26)25-13-12-23-10-8-9-11-24(23)14-25;1-5-10(6-2)12(14)9-13(15)11(7-3)8-4;/h8-13,18-21H,15-17H2,1-7H3;9-11,14H,5-8H2,1-4H3;/q-1;;/b;12-9-;. The van der Waals surface area contributed by atoms with E-state index in [1.807, 2.05) is 39.0 Å². The summed E-state index contributed by atoms with van der Waals surface area (Å²) in [6.07, 6.45) is 6.66. The van der Waals surface area contributed by atoms with Gasteiger partial charge >= 0.3 is 0 Å². The number of aliphatic hydroxyl groups excluding tert-OH is 1. The summed E-state index contributed by atoms with van der Waals surface area (Å²) in [5, 5.41) is 12.1. The van der Waals surface area contributed by atoms with Crippen LogP contribution in [0.15, 0.2) is 54.6 Å². The van der Waals surface area contributed by atoms with Crippen LogP contribution in [-0.2, 0) is 24.9 Å². The third-order valence-corrected chi connectivity index (χ3v) is 18.4. The molecule has 0 aliphatic heterocycles. The van der Waals surface area contributed by atoms with E-state index in [9.17, 15) is 9.90 Å². The van der Waals surface area contributed by atoms with Crippen LogP contribution >= 0.6 is 11.3 Å². The largest absolute Gasteiger partial charge is 0.512 e. The average molecular weight is 878 g/mol. The molecule has 1 radical (unpaired) electrons. The first-order valence-electron chi connectivity index (χ1n) is 18.4. The van der Waals surface area contributed by atoms with E-state index in [4.69, 9.17) is 9.97 Å². The van der Waals surface area contributed by atoms with Gasteiger partial charge in [0.1, 0.15) is 14.4 Å². The Bertz CT molecular complexity index is 1630. The van der Waals surface area contributed by atoms with Gasteiger partial charge in [-0.3, -0.25) is 9.78 Å². The van der Waals surface area contributed by atoms with Crippen LogP contribution in [0.4, 0.5) is 0 Å². The van der Waals surface area contributed by atoms with E-state index in [1.54, 1.807) is 10.8 Å². The summed E-state index contributed by atoms with van der Waals surface area (Å²) in [7, 11) is -1.72. The van der Waals surface area contributed by atoms with E-state index < -0.39 is 8.07 Å². The van der Waals surface area contributed by atoms with Crippen molar-refractivity contribution in [2.24, 2.45) is 29.6 Å². The van der Waals surface area contributed by atoms with Gasteiger partial charge in [-0.1, -0.05) is 117 Å². The van der Waals surface area contributed by atoms with Crippen molar-refractivity contribution in [3.63, 3.8) is 0 Å². The van der Waals surface area contributed by atoms with Gasteiger partial charge in [-0.25, -0.2) is 4.98 Å². The Morgan fingerprint density at radius 2 is 1.39 bits per heavy atom. The number of fused-ring (bicyclic) bond motifs is 2. The first-order chi connectivity index (χ1) is 22.8. The average Bonchev–Trinajstić information content (AvgIpc) is 3.38. The molecular weight excluding hydrogens is 817 g/mol. The fourth-order valence-electron chi connectivity index (χ4n) is 7.63.